The number of carbonyl (C=O) groups is 1. The van der Waals surface area contributed by atoms with Crippen molar-refractivity contribution < 1.29 is 4.79 Å². The van der Waals surface area contributed by atoms with Gasteiger partial charge in [0.2, 0.25) is 0 Å². The number of aryl methyl sites for hydroxylation is 1. The molecule has 3 heteroatoms. The van der Waals surface area contributed by atoms with Crippen LogP contribution in [-0.2, 0) is 6.42 Å². The number of carbonyl (C=O) groups excluding carboxylic acids is 1. The zero-order valence-electron chi connectivity index (χ0n) is 17.8. The first-order valence-corrected chi connectivity index (χ1v) is 11.2. The quantitative estimate of drug-likeness (QED) is 0.254. The van der Waals surface area contributed by atoms with Crippen LogP contribution in [0.2, 0.25) is 0 Å². The van der Waals surface area contributed by atoms with Crippen LogP contribution in [0.1, 0.15) is 40.4 Å². The number of anilines is 1. The molecule has 0 fully saturated rings. The first-order valence-electron chi connectivity index (χ1n) is 11.2. The standard InChI is InChI=1S/C29H24N2O/c30-26-17-21-8-2-1-7-20(21)16-25(26)29(32)31-27-11-5-9-19-13-14-23-22-10-4-3-6-18(22)12-15-24(23)28(19)27/h1-4,6-8,10,12-17,27H,5,9,11,30H2,(H,31,32). The van der Waals surface area contributed by atoms with Gasteiger partial charge < -0.3 is 11.1 Å². The zero-order chi connectivity index (χ0) is 21.7. The molecular formula is C29H24N2O. The topological polar surface area (TPSA) is 55.1 Å². The average Bonchev–Trinajstić information content (AvgIpc) is 2.83. The molecule has 0 spiro atoms. The number of amides is 1. The van der Waals surface area contributed by atoms with Gasteiger partial charge in [-0.2, -0.15) is 0 Å². The summed E-state index contributed by atoms with van der Waals surface area (Å²) in [7, 11) is 0. The summed E-state index contributed by atoms with van der Waals surface area (Å²) in [6, 6.07) is 29.1. The third kappa shape index (κ3) is 3.01. The minimum Gasteiger partial charge on any atom is -0.398 e. The molecule has 0 radical (unpaired) electrons. The summed E-state index contributed by atoms with van der Waals surface area (Å²) < 4.78 is 0. The van der Waals surface area contributed by atoms with E-state index in [1.54, 1.807) is 0 Å². The number of nitrogen functional groups attached to an aromatic ring is 1. The van der Waals surface area contributed by atoms with Crippen LogP contribution < -0.4 is 11.1 Å². The van der Waals surface area contributed by atoms with Gasteiger partial charge >= 0.3 is 0 Å². The van der Waals surface area contributed by atoms with Gasteiger partial charge in [0.05, 0.1) is 11.6 Å². The lowest BCUT2D eigenvalue weighted by Crippen LogP contribution is -2.31. The first kappa shape index (κ1) is 18.9. The van der Waals surface area contributed by atoms with Crippen molar-refractivity contribution in [3.8, 4) is 0 Å². The van der Waals surface area contributed by atoms with E-state index in [-0.39, 0.29) is 11.9 Å². The molecule has 6 rings (SSSR count). The summed E-state index contributed by atoms with van der Waals surface area (Å²) in [6.07, 6.45) is 3.03. The summed E-state index contributed by atoms with van der Waals surface area (Å²) in [5, 5.41) is 10.3. The molecular weight excluding hydrogens is 392 g/mol. The number of fused-ring (bicyclic) bond motifs is 6. The number of hydrogen-bond acceptors (Lipinski definition) is 2. The first-order chi connectivity index (χ1) is 15.7. The summed E-state index contributed by atoms with van der Waals surface area (Å²) >= 11 is 0. The van der Waals surface area contributed by atoms with E-state index in [9.17, 15) is 4.79 Å². The van der Waals surface area contributed by atoms with E-state index < -0.39 is 0 Å². The Morgan fingerprint density at radius 2 is 1.50 bits per heavy atom. The lowest BCUT2D eigenvalue weighted by molar-refractivity contribution is 0.0934. The van der Waals surface area contributed by atoms with Crippen LogP contribution in [0.25, 0.3) is 32.3 Å². The third-order valence-corrected chi connectivity index (χ3v) is 6.81. The second kappa shape index (κ2) is 7.38. The van der Waals surface area contributed by atoms with Gasteiger partial charge in [-0.25, -0.2) is 0 Å². The molecule has 0 saturated carbocycles. The monoisotopic (exact) mass is 416 g/mol. The molecule has 0 aliphatic heterocycles. The molecule has 1 aliphatic rings. The molecule has 3 N–H and O–H groups in total. The Labute approximate surface area is 186 Å². The average molecular weight is 417 g/mol. The molecule has 1 aliphatic carbocycles. The van der Waals surface area contributed by atoms with Crippen LogP contribution >= 0.6 is 0 Å². The molecule has 5 aromatic rings. The predicted molar refractivity (Wildman–Crippen MR) is 133 cm³/mol. The van der Waals surface area contributed by atoms with Crippen LogP contribution in [-0.4, -0.2) is 5.91 Å². The lowest BCUT2D eigenvalue weighted by Gasteiger charge is -2.28. The van der Waals surface area contributed by atoms with Gasteiger partial charge in [0.15, 0.2) is 0 Å². The molecule has 5 aromatic carbocycles. The summed E-state index contributed by atoms with van der Waals surface area (Å²) in [5.74, 6) is -0.108. The number of nitrogens with one attached hydrogen (secondary N) is 1. The smallest absolute Gasteiger partial charge is 0.253 e. The van der Waals surface area contributed by atoms with Gasteiger partial charge in [0.25, 0.3) is 5.91 Å². The van der Waals surface area contributed by atoms with Gasteiger partial charge in [-0.3, -0.25) is 4.79 Å². The number of benzene rings is 5. The minimum absolute atomic E-state index is 0.0259. The highest BCUT2D eigenvalue weighted by atomic mass is 16.1. The van der Waals surface area contributed by atoms with Crippen molar-refractivity contribution in [1.29, 1.82) is 0 Å². The predicted octanol–water partition coefficient (Wildman–Crippen LogP) is 6.54. The fourth-order valence-electron chi connectivity index (χ4n) is 5.26. The maximum atomic E-state index is 13.3. The summed E-state index contributed by atoms with van der Waals surface area (Å²) in [4.78, 5) is 13.3. The third-order valence-electron chi connectivity index (χ3n) is 6.81. The molecule has 0 heterocycles. The highest BCUT2D eigenvalue weighted by Gasteiger charge is 2.25. The Balaban J connectivity index is 1.43. The normalized spacial score (nSPS) is 15.7. The van der Waals surface area contributed by atoms with Crippen LogP contribution in [0.15, 0.2) is 84.9 Å². The second-order valence-corrected chi connectivity index (χ2v) is 8.73. The molecule has 1 unspecified atom stereocenters. The van der Waals surface area contributed by atoms with Crippen molar-refractivity contribution >= 4 is 43.9 Å². The highest BCUT2D eigenvalue weighted by Crippen LogP contribution is 2.38. The molecule has 1 atom stereocenters. The van der Waals surface area contributed by atoms with Crippen molar-refractivity contribution in [2.24, 2.45) is 0 Å². The van der Waals surface area contributed by atoms with E-state index in [4.69, 9.17) is 5.73 Å². The van der Waals surface area contributed by atoms with Gasteiger partial charge in [0.1, 0.15) is 0 Å². The Morgan fingerprint density at radius 3 is 2.34 bits per heavy atom. The highest BCUT2D eigenvalue weighted by molar-refractivity contribution is 6.09. The van der Waals surface area contributed by atoms with E-state index in [0.717, 1.165) is 30.0 Å². The second-order valence-electron chi connectivity index (χ2n) is 8.73. The van der Waals surface area contributed by atoms with Gasteiger partial charge in [-0.05, 0) is 74.8 Å². The Bertz CT molecular complexity index is 1520. The fourth-order valence-corrected chi connectivity index (χ4v) is 5.26. The Hall–Kier alpha value is -3.85. The molecule has 0 bridgehead atoms. The minimum atomic E-state index is -0.108. The van der Waals surface area contributed by atoms with E-state index in [1.165, 1.54) is 32.7 Å². The van der Waals surface area contributed by atoms with E-state index in [1.807, 2.05) is 36.4 Å². The van der Waals surface area contributed by atoms with Gasteiger partial charge in [0, 0.05) is 5.69 Å². The largest absolute Gasteiger partial charge is 0.398 e. The summed E-state index contributed by atoms with van der Waals surface area (Å²) in [5.41, 5.74) is 9.92. The lowest BCUT2D eigenvalue weighted by atomic mass is 9.83. The molecule has 0 saturated heterocycles. The fraction of sp³-hybridized carbons (Fsp3) is 0.138. The Kier molecular flexibility index (Phi) is 4.36. The molecule has 1 amide bonds. The van der Waals surface area contributed by atoms with Gasteiger partial charge in [-0.15, -0.1) is 0 Å². The maximum absolute atomic E-state index is 13.3. The Morgan fingerprint density at radius 1 is 0.781 bits per heavy atom. The van der Waals surface area contributed by atoms with Crippen molar-refractivity contribution in [3.05, 3.63) is 102 Å². The molecule has 0 aromatic heterocycles. The molecule has 3 nitrogen and oxygen atoms in total. The maximum Gasteiger partial charge on any atom is 0.253 e. The summed E-state index contributed by atoms with van der Waals surface area (Å²) in [6.45, 7) is 0. The zero-order valence-corrected chi connectivity index (χ0v) is 17.8. The number of nitrogens with two attached hydrogens (primary N) is 1. The molecule has 156 valence electrons. The van der Waals surface area contributed by atoms with E-state index >= 15 is 0 Å². The van der Waals surface area contributed by atoms with E-state index in [0.29, 0.717) is 11.3 Å². The number of rotatable bonds is 2. The molecule has 32 heavy (non-hydrogen) atoms. The van der Waals surface area contributed by atoms with Crippen LogP contribution in [0, 0.1) is 0 Å². The van der Waals surface area contributed by atoms with E-state index in [2.05, 4.69) is 53.8 Å². The van der Waals surface area contributed by atoms with Crippen LogP contribution in [0.3, 0.4) is 0 Å². The number of hydrogen-bond donors (Lipinski definition) is 2. The van der Waals surface area contributed by atoms with Crippen molar-refractivity contribution in [2.45, 2.75) is 25.3 Å². The van der Waals surface area contributed by atoms with Crippen LogP contribution in [0.4, 0.5) is 5.69 Å². The van der Waals surface area contributed by atoms with Crippen LogP contribution in [0.5, 0.6) is 0 Å². The van der Waals surface area contributed by atoms with Gasteiger partial charge in [-0.1, -0.05) is 72.8 Å². The van der Waals surface area contributed by atoms with Crippen molar-refractivity contribution in [2.75, 3.05) is 5.73 Å². The van der Waals surface area contributed by atoms with Crippen molar-refractivity contribution in [1.82, 2.24) is 5.32 Å². The SMILES string of the molecule is Nc1cc2ccccc2cc1C(=O)NC1CCCc2ccc3c(ccc4ccccc43)c21. The van der Waals surface area contributed by atoms with Crippen molar-refractivity contribution in [3.63, 3.8) is 0 Å².